The number of sulfonamides is 1. The summed E-state index contributed by atoms with van der Waals surface area (Å²) in [5, 5.41) is 2.99. The largest absolute Gasteiger partial charge is 0.454 e. The van der Waals surface area contributed by atoms with E-state index < -0.39 is 15.9 Å². The van der Waals surface area contributed by atoms with E-state index in [2.05, 4.69) is 10.0 Å². The van der Waals surface area contributed by atoms with Gasteiger partial charge in [-0.3, -0.25) is 9.52 Å². The van der Waals surface area contributed by atoms with Crippen molar-refractivity contribution in [3.63, 3.8) is 0 Å². The van der Waals surface area contributed by atoms with E-state index in [0.29, 0.717) is 28.4 Å². The Balaban J connectivity index is 1.50. The van der Waals surface area contributed by atoms with Gasteiger partial charge in [0.15, 0.2) is 11.5 Å². The van der Waals surface area contributed by atoms with Gasteiger partial charge in [-0.2, -0.15) is 0 Å². The number of anilines is 2. The zero-order valence-electron chi connectivity index (χ0n) is 16.7. The molecule has 0 saturated heterocycles. The van der Waals surface area contributed by atoms with Crippen molar-refractivity contribution in [1.29, 1.82) is 0 Å². The van der Waals surface area contributed by atoms with Crippen LogP contribution in [0.1, 0.15) is 21.5 Å². The van der Waals surface area contributed by atoms with E-state index in [1.165, 1.54) is 36.4 Å². The Morgan fingerprint density at radius 3 is 2.35 bits per heavy atom. The number of benzene rings is 3. The van der Waals surface area contributed by atoms with Crippen molar-refractivity contribution in [2.75, 3.05) is 16.8 Å². The van der Waals surface area contributed by atoms with E-state index in [1.54, 1.807) is 0 Å². The second-order valence-electron chi connectivity index (χ2n) is 7.04. The molecule has 1 heterocycles. The number of rotatable bonds is 5. The molecule has 160 valence electrons. The third-order valence-corrected chi connectivity index (χ3v) is 6.48. The van der Waals surface area contributed by atoms with Crippen LogP contribution in [0.25, 0.3) is 0 Å². The van der Waals surface area contributed by atoms with Crippen molar-refractivity contribution in [1.82, 2.24) is 0 Å². The first-order valence-electron chi connectivity index (χ1n) is 9.34. The Kier molecular flexibility index (Phi) is 5.51. The van der Waals surface area contributed by atoms with Crippen LogP contribution in [0.2, 0.25) is 5.02 Å². The molecule has 0 aromatic heterocycles. The van der Waals surface area contributed by atoms with Crippen LogP contribution in [-0.4, -0.2) is 21.1 Å². The van der Waals surface area contributed by atoms with E-state index >= 15 is 0 Å². The van der Waals surface area contributed by atoms with Gasteiger partial charge in [-0.1, -0.05) is 29.8 Å². The second kappa shape index (κ2) is 8.13. The minimum Gasteiger partial charge on any atom is -0.454 e. The highest BCUT2D eigenvalue weighted by Gasteiger charge is 2.21. The number of carbonyl (C=O) groups excluding carboxylic acids is 1. The van der Waals surface area contributed by atoms with Crippen LogP contribution >= 0.6 is 11.6 Å². The van der Waals surface area contributed by atoms with Crippen LogP contribution in [0.4, 0.5) is 11.4 Å². The number of halogens is 1. The summed E-state index contributed by atoms with van der Waals surface area (Å²) in [6.07, 6.45) is 0. The summed E-state index contributed by atoms with van der Waals surface area (Å²) in [4.78, 5) is 12.7. The summed E-state index contributed by atoms with van der Waals surface area (Å²) >= 11 is 6.12. The van der Waals surface area contributed by atoms with Gasteiger partial charge in [-0.05, 0) is 61.4 Å². The maximum absolute atomic E-state index is 12.8. The fraction of sp³-hybridized carbons (Fsp3) is 0.136. The number of amides is 1. The van der Waals surface area contributed by atoms with Crippen LogP contribution < -0.4 is 19.5 Å². The predicted octanol–water partition coefficient (Wildman–Crippen LogP) is 4.74. The lowest BCUT2D eigenvalue weighted by molar-refractivity contribution is 0.102. The van der Waals surface area contributed by atoms with Crippen molar-refractivity contribution in [2.45, 2.75) is 18.7 Å². The first-order valence-corrected chi connectivity index (χ1v) is 11.2. The summed E-state index contributed by atoms with van der Waals surface area (Å²) in [5.41, 5.74) is 2.94. The number of fused-ring (bicyclic) bond motifs is 1. The molecule has 31 heavy (non-hydrogen) atoms. The molecular weight excluding hydrogens is 440 g/mol. The lowest BCUT2D eigenvalue weighted by Crippen LogP contribution is -2.15. The number of ether oxygens (including phenoxy) is 2. The number of para-hydroxylation sites is 1. The molecule has 9 heteroatoms. The van der Waals surface area contributed by atoms with E-state index in [1.807, 2.05) is 32.0 Å². The maximum Gasteiger partial charge on any atom is 0.261 e. The standard InChI is InChI=1S/C22H19ClN2O5S/c1-13-4-3-5-14(2)20(13)25-31(27,28)17-8-6-16(7-9-17)24-22(26)15-10-18(23)21-19(11-15)29-12-30-21/h3-11,25H,12H2,1-2H3,(H,24,26). The maximum atomic E-state index is 12.8. The summed E-state index contributed by atoms with van der Waals surface area (Å²) in [6.45, 7) is 3.73. The first-order chi connectivity index (χ1) is 14.7. The van der Waals surface area contributed by atoms with Crippen molar-refractivity contribution >= 4 is 38.9 Å². The molecule has 3 aromatic rings. The van der Waals surface area contributed by atoms with Crippen LogP contribution in [0.3, 0.4) is 0 Å². The topological polar surface area (TPSA) is 93.7 Å². The number of aryl methyl sites for hydroxylation is 2. The Morgan fingerprint density at radius 2 is 1.68 bits per heavy atom. The van der Waals surface area contributed by atoms with E-state index in [9.17, 15) is 13.2 Å². The summed E-state index contributed by atoms with van der Waals surface area (Å²) < 4.78 is 38.7. The van der Waals surface area contributed by atoms with E-state index in [0.717, 1.165) is 11.1 Å². The Hall–Kier alpha value is -3.23. The van der Waals surface area contributed by atoms with E-state index in [-0.39, 0.29) is 16.7 Å². The van der Waals surface area contributed by atoms with Gasteiger partial charge in [0.2, 0.25) is 6.79 Å². The highest BCUT2D eigenvalue weighted by atomic mass is 35.5. The third kappa shape index (κ3) is 4.30. The third-order valence-electron chi connectivity index (χ3n) is 4.83. The number of hydrogen-bond acceptors (Lipinski definition) is 5. The zero-order chi connectivity index (χ0) is 22.2. The lowest BCUT2D eigenvalue weighted by atomic mass is 10.1. The van der Waals surface area contributed by atoms with Gasteiger partial charge in [0.05, 0.1) is 15.6 Å². The van der Waals surface area contributed by atoms with Crippen LogP contribution in [0, 0.1) is 13.8 Å². The highest BCUT2D eigenvalue weighted by Crippen LogP contribution is 2.40. The lowest BCUT2D eigenvalue weighted by Gasteiger charge is -2.13. The molecule has 7 nitrogen and oxygen atoms in total. The average molecular weight is 459 g/mol. The fourth-order valence-electron chi connectivity index (χ4n) is 3.19. The molecule has 0 aliphatic carbocycles. The van der Waals surface area contributed by atoms with Crippen molar-refractivity contribution in [3.05, 3.63) is 76.3 Å². The van der Waals surface area contributed by atoms with Crippen LogP contribution in [0.5, 0.6) is 11.5 Å². The predicted molar refractivity (Wildman–Crippen MR) is 119 cm³/mol. The van der Waals surface area contributed by atoms with Gasteiger partial charge in [0, 0.05) is 11.3 Å². The van der Waals surface area contributed by atoms with Gasteiger partial charge < -0.3 is 14.8 Å². The molecule has 1 aliphatic heterocycles. The smallest absolute Gasteiger partial charge is 0.261 e. The Morgan fingerprint density at radius 1 is 1.00 bits per heavy atom. The average Bonchev–Trinajstić information content (AvgIpc) is 3.21. The van der Waals surface area contributed by atoms with Gasteiger partial charge >= 0.3 is 0 Å². The molecule has 1 aliphatic rings. The SMILES string of the molecule is Cc1cccc(C)c1NS(=O)(=O)c1ccc(NC(=O)c2cc(Cl)c3c(c2)OCO3)cc1. The molecule has 0 bridgehead atoms. The molecule has 0 radical (unpaired) electrons. The minimum atomic E-state index is -3.78. The molecule has 1 amide bonds. The molecule has 3 aromatic carbocycles. The summed E-state index contributed by atoms with van der Waals surface area (Å²) in [7, 11) is -3.78. The van der Waals surface area contributed by atoms with E-state index in [4.69, 9.17) is 21.1 Å². The van der Waals surface area contributed by atoms with Crippen molar-refractivity contribution in [3.8, 4) is 11.5 Å². The minimum absolute atomic E-state index is 0.0477. The molecule has 0 unspecified atom stereocenters. The number of carbonyl (C=O) groups is 1. The number of nitrogens with one attached hydrogen (secondary N) is 2. The molecule has 4 rings (SSSR count). The van der Waals surface area contributed by atoms with Gasteiger partial charge in [-0.15, -0.1) is 0 Å². The monoisotopic (exact) mass is 458 g/mol. The van der Waals surface area contributed by atoms with Crippen LogP contribution in [0.15, 0.2) is 59.5 Å². The summed E-state index contributed by atoms with van der Waals surface area (Å²) in [6, 6.07) is 14.5. The second-order valence-corrected chi connectivity index (χ2v) is 9.13. The Labute approximate surface area is 185 Å². The highest BCUT2D eigenvalue weighted by molar-refractivity contribution is 7.92. The zero-order valence-corrected chi connectivity index (χ0v) is 18.3. The number of hydrogen-bond donors (Lipinski definition) is 2. The normalized spacial score (nSPS) is 12.5. The van der Waals surface area contributed by atoms with Crippen LogP contribution in [-0.2, 0) is 10.0 Å². The molecule has 2 N–H and O–H groups in total. The molecule has 0 atom stereocenters. The van der Waals surface area contributed by atoms with Gasteiger partial charge in [0.1, 0.15) is 0 Å². The quantitative estimate of drug-likeness (QED) is 0.576. The molecule has 0 fully saturated rings. The van der Waals surface area contributed by atoms with Crippen molar-refractivity contribution < 1.29 is 22.7 Å². The molecule has 0 spiro atoms. The molecule has 0 saturated carbocycles. The van der Waals surface area contributed by atoms with Gasteiger partial charge in [-0.25, -0.2) is 8.42 Å². The van der Waals surface area contributed by atoms with Gasteiger partial charge in [0.25, 0.3) is 15.9 Å². The van der Waals surface area contributed by atoms with Crippen molar-refractivity contribution in [2.24, 2.45) is 0 Å². The first kappa shape index (κ1) is 21.0. The summed E-state index contributed by atoms with van der Waals surface area (Å²) in [5.74, 6) is 0.394. The Bertz CT molecular complexity index is 1250. The fourth-order valence-corrected chi connectivity index (χ4v) is 4.66. The molecular formula is C22H19ClN2O5S.